The molecule has 3 rings (SSSR count). The average Bonchev–Trinajstić information content (AvgIpc) is 3.09. The van der Waals surface area contributed by atoms with Crippen LogP contribution in [0.3, 0.4) is 0 Å². The number of aromatic nitrogens is 3. The van der Waals surface area contributed by atoms with Crippen molar-refractivity contribution in [2.45, 2.75) is 29.5 Å². The van der Waals surface area contributed by atoms with Crippen molar-refractivity contribution in [3.8, 4) is 0 Å². The molecule has 0 saturated carbocycles. The van der Waals surface area contributed by atoms with Gasteiger partial charge in [0, 0.05) is 25.1 Å². The number of hydrogen-bond acceptors (Lipinski definition) is 4. The fraction of sp³-hybridized carbons (Fsp3) is 0.400. The first-order valence-corrected chi connectivity index (χ1v) is 8.23. The lowest BCUT2D eigenvalue weighted by Crippen LogP contribution is -2.36. The Morgan fingerprint density at radius 1 is 1.25 bits per heavy atom. The molecule has 0 unspecified atom stereocenters. The van der Waals surface area contributed by atoms with E-state index in [4.69, 9.17) is 0 Å². The Bertz CT molecular complexity index is 704. The van der Waals surface area contributed by atoms with Gasteiger partial charge < -0.3 is 9.47 Å². The summed E-state index contributed by atoms with van der Waals surface area (Å²) >= 11 is 1.21. The number of alkyl halides is 3. The van der Waals surface area contributed by atoms with Crippen molar-refractivity contribution in [3.63, 3.8) is 0 Å². The maximum absolute atomic E-state index is 12.5. The van der Waals surface area contributed by atoms with Crippen molar-refractivity contribution in [1.29, 1.82) is 0 Å². The maximum atomic E-state index is 12.5. The first kappa shape index (κ1) is 16.8. The topological polar surface area (TPSA) is 51.0 Å². The van der Waals surface area contributed by atoms with Gasteiger partial charge in [-0.2, -0.15) is 13.2 Å². The van der Waals surface area contributed by atoms with Crippen LogP contribution in [0.15, 0.2) is 41.9 Å². The Labute approximate surface area is 140 Å². The van der Waals surface area contributed by atoms with Crippen LogP contribution in [-0.4, -0.2) is 49.9 Å². The fourth-order valence-corrected chi connectivity index (χ4v) is 3.63. The van der Waals surface area contributed by atoms with E-state index in [9.17, 15) is 18.0 Å². The number of hydrogen-bond donors (Lipinski definition) is 0. The number of thioether (sulfide) groups is 1. The standard InChI is InChI=1S/C15H15F3N4OS/c16-15(17,18)10-22-7-4-12(13(22)23)24-14-20-6-8-21(14)9-11-3-1-2-5-19-11/h1-3,5-6,8,12H,4,7,9-10H2/t12-/m0/s1. The Kier molecular flexibility index (Phi) is 4.79. The summed E-state index contributed by atoms with van der Waals surface area (Å²) in [5.74, 6) is -0.482. The molecule has 2 aromatic heterocycles. The van der Waals surface area contributed by atoms with Gasteiger partial charge in [-0.05, 0) is 18.6 Å². The molecule has 0 radical (unpaired) electrons. The van der Waals surface area contributed by atoms with Crippen LogP contribution in [0, 0.1) is 0 Å². The summed E-state index contributed by atoms with van der Waals surface area (Å²) in [6, 6.07) is 5.57. The number of likely N-dealkylation sites (tertiary alicyclic amines) is 1. The van der Waals surface area contributed by atoms with Crippen molar-refractivity contribution < 1.29 is 18.0 Å². The largest absolute Gasteiger partial charge is 0.406 e. The molecule has 0 spiro atoms. The van der Waals surface area contributed by atoms with Crippen LogP contribution in [0.1, 0.15) is 12.1 Å². The van der Waals surface area contributed by atoms with E-state index in [1.807, 2.05) is 22.8 Å². The lowest BCUT2D eigenvalue weighted by molar-refractivity contribution is -0.157. The highest BCUT2D eigenvalue weighted by atomic mass is 32.2. The molecule has 24 heavy (non-hydrogen) atoms. The maximum Gasteiger partial charge on any atom is 0.406 e. The number of rotatable bonds is 5. The van der Waals surface area contributed by atoms with Crippen molar-refractivity contribution in [3.05, 3.63) is 42.5 Å². The van der Waals surface area contributed by atoms with Crippen LogP contribution in [0.25, 0.3) is 0 Å². The molecule has 0 N–H and O–H groups in total. The summed E-state index contributed by atoms with van der Waals surface area (Å²) in [5.41, 5.74) is 0.841. The van der Waals surface area contributed by atoms with E-state index < -0.39 is 23.9 Å². The van der Waals surface area contributed by atoms with Crippen LogP contribution in [0.2, 0.25) is 0 Å². The Balaban J connectivity index is 1.65. The van der Waals surface area contributed by atoms with Gasteiger partial charge in [-0.25, -0.2) is 4.98 Å². The normalized spacial score (nSPS) is 18.4. The minimum atomic E-state index is -4.37. The highest BCUT2D eigenvalue weighted by Gasteiger charge is 2.40. The van der Waals surface area contributed by atoms with Crippen LogP contribution in [0.4, 0.5) is 13.2 Å². The van der Waals surface area contributed by atoms with Gasteiger partial charge in [0.05, 0.1) is 17.5 Å². The van der Waals surface area contributed by atoms with Gasteiger partial charge in [-0.15, -0.1) is 0 Å². The zero-order chi connectivity index (χ0) is 17.2. The summed E-state index contributed by atoms with van der Waals surface area (Å²) in [6.07, 6.45) is 1.08. The molecule has 3 heterocycles. The summed E-state index contributed by atoms with van der Waals surface area (Å²) in [4.78, 5) is 21.5. The van der Waals surface area contributed by atoms with Gasteiger partial charge >= 0.3 is 6.18 Å². The highest BCUT2D eigenvalue weighted by molar-refractivity contribution is 8.00. The Morgan fingerprint density at radius 3 is 2.79 bits per heavy atom. The molecular formula is C15H15F3N4OS. The van der Waals surface area contributed by atoms with E-state index in [1.54, 1.807) is 18.6 Å². The number of halogens is 3. The second-order valence-corrected chi connectivity index (χ2v) is 6.60. The van der Waals surface area contributed by atoms with Crippen molar-refractivity contribution >= 4 is 17.7 Å². The monoisotopic (exact) mass is 356 g/mol. The van der Waals surface area contributed by atoms with Gasteiger partial charge in [0.25, 0.3) is 0 Å². The van der Waals surface area contributed by atoms with Gasteiger partial charge in [0.15, 0.2) is 5.16 Å². The van der Waals surface area contributed by atoms with Gasteiger partial charge in [0.1, 0.15) is 6.54 Å². The molecule has 1 aliphatic rings. The van der Waals surface area contributed by atoms with E-state index in [0.29, 0.717) is 18.1 Å². The summed E-state index contributed by atoms with van der Waals surface area (Å²) in [6.45, 7) is -0.571. The molecular weight excluding hydrogens is 341 g/mol. The molecule has 1 atom stereocenters. The van der Waals surface area contributed by atoms with E-state index in [1.165, 1.54) is 11.8 Å². The Morgan fingerprint density at radius 2 is 2.08 bits per heavy atom. The summed E-state index contributed by atoms with van der Waals surface area (Å²) in [5, 5.41) is 0.0742. The molecule has 0 aliphatic carbocycles. The zero-order valence-electron chi connectivity index (χ0n) is 12.6. The SMILES string of the molecule is O=C1[C@@H](Sc2nccn2Cc2ccccn2)CCN1CC(F)(F)F. The predicted octanol–water partition coefficient (Wildman–Crippen LogP) is 2.58. The molecule has 1 fully saturated rings. The summed E-state index contributed by atoms with van der Waals surface area (Å²) in [7, 11) is 0. The zero-order valence-corrected chi connectivity index (χ0v) is 13.4. The highest BCUT2D eigenvalue weighted by Crippen LogP contribution is 2.31. The fourth-order valence-electron chi connectivity index (χ4n) is 2.52. The molecule has 0 aromatic carbocycles. The first-order chi connectivity index (χ1) is 11.4. The van der Waals surface area contributed by atoms with E-state index >= 15 is 0 Å². The lowest BCUT2D eigenvalue weighted by atomic mass is 10.3. The predicted molar refractivity (Wildman–Crippen MR) is 82.5 cm³/mol. The molecule has 1 amide bonds. The number of imidazole rings is 1. The van der Waals surface area contributed by atoms with Crippen molar-refractivity contribution in [1.82, 2.24) is 19.4 Å². The van der Waals surface area contributed by atoms with Crippen molar-refractivity contribution in [2.24, 2.45) is 0 Å². The number of carbonyl (C=O) groups is 1. The second kappa shape index (κ2) is 6.84. The summed E-state index contributed by atoms with van der Waals surface area (Å²) < 4.78 is 39.2. The molecule has 0 bridgehead atoms. The van der Waals surface area contributed by atoms with Crippen molar-refractivity contribution in [2.75, 3.05) is 13.1 Å². The Hall–Kier alpha value is -2.03. The first-order valence-electron chi connectivity index (χ1n) is 7.35. The third kappa shape index (κ3) is 4.08. The molecule has 1 saturated heterocycles. The molecule has 1 aliphatic heterocycles. The number of nitrogens with zero attached hydrogens (tertiary/aromatic N) is 4. The van der Waals surface area contributed by atoms with E-state index in [-0.39, 0.29) is 6.54 Å². The van der Waals surface area contributed by atoms with E-state index in [2.05, 4.69) is 9.97 Å². The van der Waals surface area contributed by atoms with Gasteiger partial charge in [-0.3, -0.25) is 9.78 Å². The number of carbonyl (C=O) groups excluding carboxylic acids is 1. The van der Waals surface area contributed by atoms with Crippen LogP contribution >= 0.6 is 11.8 Å². The average molecular weight is 356 g/mol. The van der Waals surface area contributed by atoms with Gasteiger partial charge in [-0.1, -0.05) is 17.8 Å². The number of amides is 1. The molecule has 5 nitrogen and oxygen atoms in total. The quantitative estimate of drug-likeness (QED) is 0.826. The van der Waals surface area contributed by atoms with Gasteiger partial charge in [0.2, 0.25) is 5.91 Å². The van der Waals surface area contributed by atoms with Crippen LogP contribution in [0.5, 0.6) is 0 Å². The lowest BCUT2D eigenvalue weighted by Gasteiger charge is -2.18. The number of pyridine rings is 1. The van der Waals surface area contributed by atoms with E-state index in [0.717, 1.165) is 10.6 Å². The molecule has 128 valence electrons. The molecule has 9 heteroatoms. The van der Waals surface area contributed by atoms with Crippen LogP contribution < -0.4 is 0 Å². The smallest absolute Gasteiger partial charge is 0.333 e. The second-order valence-electron chi connectivity index (χ2n) is 5.43. The minimum absolute atomic E-state index is 0.122. The third-order valence-electron chi connectivity index (χ3n) is 3.60. The molecule has 2 aromatic rings. The minimum Gasteiger partial charge on any atom is -0.333 e. The van der Waals surface area contributed by atoms with Crippen LogP contribution in [-0.2, 0) is 11.3 Å². The third-order valence-corrected chi connectivity index (χ3v) is 4.87.